The van der Waals surface area contributed by atoms with Gasteiger partial charge in [0.1, 0.15) is 5.75 Å². The number of aromatic nitrogens is 1. The Kier molecular flexibility index (Phi) is 4.10. The van der Waals surface area contributed by atoms with E-state index < -0.39 is 0 Å². The monoisotopic (exact) mass is 308 g/mol. The summed E-state index contributed by atoms with van der Waals surface area (Å²) in [5.41, 5.74) is 1.56. The van der Waals surface area contributed by atoms with Gasteiger partial charge in [0.25, 0.3) is 11.5 Å². The SMILES string of the molecule is Cc1ccccc1NC(=O)COc1cccc2c(=O)[nH]ccc12. The summed E-state index contributed by atoms with van der Waals surface area (Å²) >= 11 is 0. The summed E-state index contributed by atoms with van der Waals surface area (Å²) < 4.78 is 5.58. The third-order valence-electron chi connectivity index (χ3n) is 3.55. The number of nitrogens with one attached hydrogen (secondary N) is 2. The van der Waals surface area contributed by atoms with Crippen LogP contribution >= 0.6 is 0 Å². The number of amides is 1. The van der Waals surface area contributed by atoms with E-state index in [0.29, 0.717) is 16.5 Å². The van der Waals surface area contributed by atoms with Crippen LogP contribution in [0, 0.1) is 6.92 Å². The van der Waals surface area contributed by atoms with E-state index in [1.165, 1.54) is 0 Å². The summed E-state index contributed by atoms with van der Waals surface area (Å²) in [5, 5.41) is 4.02. The molecule has 0 saturated heterocycles. The molecule has 2 N–H and O–H groups in total. The lowest BCUT2D eigenvalue weighted by molar-refractivity contribution is -0.118. The van der Waals surface area contributed by atoms with Crippen molar-refractivity contribution in [2.75, 3.05) is 11.9 Å². The highest BCUT2D eigenvalue weighted by molar-refractivity contribution is 5.93. The molecule has 1 heterocycles. The third kappa shape index (κ3) is 3.23. The van der Waals surface area contributed by atoms with Crippen LogP contribution in [0.5, 0.6) is 5.75 Å². The number of carbonyl (C=O) groups excluding carboxylic acids is 1. The Morgan fingerprint density at radius 2 is 1.91 bits per heavy atom. The molecule has 0 aliphatic heterocycles. The third-order valence-corrected chi connectivity index (χ3v) is 3.55. The molecule has 3 aromatic rings. The van der Waals surface area contributed by atoms with Crippen LogP contribution < -0.4 is 15.6 Å². The number of pyridine rings is 1. The normalized spacial score (nSPS) is 10.5. The molecule has 23 heavy (non-hydrogen) atoms. The van der Waals surface area contributed by atoms with E-state index in [2.05, 4.69) is 10.3 Å². The van der Waals surface area contributed by atoms with E-state index in [-0.39, 0.29) is 18.1 Å². The first-order valence-electron chi connectivity index (χ1n) is 7.24. The molecule has 3 rings (SSSR count). The Morgan fingerprint density at radius 3 is 2.74 bits per heavy atom. The van der Waals surface area contributed by atoms with Crippen molar-refractivity contribution in [3.8, 4) is 5.75 Å². The zero-order chi connectivity index (χ0) is 16.2. The van der Waals surface area contributed by atoms with Crippen LogP contribution in [-0.4, -0.2) is 17.5 Å². The number of rotatable bonds is 4. The molecule has 0 spiro atoms. The fourth-order valence-corrected chi connectivity index (χ4v) is 2.36. The first kappa shape index (κ1) is 14.8. The summed E-state index contributed by atoms with van der Waals surface area (Å²) in [7, 11) is 0. The zero-order valence-corrected chi connectivity index (χ0v) is 12.6. The van der Waals surface area contributed by atoms with Gasteiger partial charge in [-0.3, -0.25) is 9.59 Å². The van der Waals surface area contributed by atoms with Gasteiger partial charge < -0.3 is 15.0 Å². The number of hydrogen-bond acceptors (Lipinski definition) is 3. The summed E-state index contributed by atoms with van der Waals surface area (Å²) in [6.07, 6.45) is 1.56. The predicted octanol–water partition coefficient (Wildman–Crippen LogP) is 2.85. The van der Waals surface area contributed by atoms with Gasteiger partial charge in [-0.2, -0.15) is 0 Å². The number of aryl methyl sites for hydroxylation is 1. The van der Waals surface area contributed by atoms with Gasteiger partial charge in [-0.25, -0.2) is 0 Å². The number of para-hydroxylation sites is 1. The van der Waals surface area contributed by atoms with E-state index in [1.807, 2.05) is 31.2 Å². The average molecular weight is 308 g/mol. The van der Waals surface area contributed by atoms with Gasteiger partial charge >= 0.3 is 0 Å². The first-order chi connectivity index (χ1) is 11.1. The lowest BCUT2D eigenvalue weighted by Gasteiger charge is -2.10. The van der Waals surface area contributed by atoms with Crippen LogP contribution in [0.2, 0.25) is 0 Å². The fourth-order valence-electron chi connectivity index (χ4n) is 2.36. The van der Waals surface area contributed by atoms with Crippen molar-refractivity contribution in [3.63, 3.8) is 0 Å². The minimum Gasteiger partial charge on any atom is -0.483 e. The van der Waals surface area contributed by atoms with Crippen LogP contribution in [0.3, 0.4) is 0 Å². The Labute approximate surface area is 132 Å². The standard InChI is InChI=1S/C18H16N2O3/c1-12-5-2-3-7-15(12)20-17(21)11-23-16-8-4-6-14-13(16)9-10-19-18(14)22/h2-10H,11H2,1H3,(H,19,22)(H,20,21). The topological polar surface area (TPSA) is 71.2 Å². The summed E-state index contributed by atoms with van der Waals surface area (Å²) in [5.74, 6) is 0.259. The molecule has 116 valence electrons. The van der Waals surface area contributed by atoms with E-state index in [0.717, 1.165) is 11.3 Å². The van der Waals surface area contributed by atoms with Crippen LogP contribution in [0.1, 0.15) is 5.56 Å². The molecule has 0 aliphatic carbocycles. The van der Waals surface area contributed by atoms with Gasteiger partial charge in [-0.15, -0.1) is 0 Å². The maximum Gasteiger partial charge on any atom is 0.262 e. The van der Waals surface area contributed by atoms with E-state index in [4.69, 9.17) is 4.74 Å². The summed E-state index contributed by atoms with van der Waals surface area (Å²) in [6, 6.07) is 14.5. The van der Waals surface area contributed by atoms with Crippen molar-refractivity contribution in [2.24, 2.45) is 0 Å². The van der Waals surface area contributed by atoms with Crippen molar-refractivity contribution in [3.05, 3.63) is 70.6 Å². The predicted molar refractivity (Wildman–Crippen MR) is 89.9 cm³/mol. The Balaban J connectivity index is 1.74. The summed E-state index contributed by atoms with van der Waals surface area (Å²) in [4.78, 5) is 26.4. The van der Waals surface area contributed by atoms with Gasteiger partial charge in [0.15, 0.2) is 6.61 Å². The molecule has 5 nitrogen and oxygen atoms in total. The minimum atomic E-state index is -0.249. The van der Waals surface area contributed by atoms with Crippen LogP contribution in [0.25, 0.3) is 10.8 Å². The summed E-state index contributed by atoms with van der Waals surface area (Å²) in [6.45, 7) is 1.80. The maximum absolute atomic E-state index is 12.0. The second-order valence-electron chi connectivity index (χ2n) is 5.18. The molecular weight excluding hydrogens is 292 g/mol. The zero-order valence-electron chi connectivity index (χ0n) is 12.6. The van der Waals surface area contributed by atoms with Crippen molar-refractivity contribution >= 4 is 22.4 Å². The number of hydrogen-bond donors (Lipinski definition) is 2. The van der Waals surface area contributed by atoms with Crippen LogP contribution in [-0.2, 0) is 4.79 Å². The molecule has 2 aromatic carbocycles. The Morgan fingerprint density at radius 1 is 1.09 bits per heavy atom. The molecule has 0 saturated carbocycles. The smallest absolute Gasteiger partial charge is 0.262 e. The lowest BCUT2D eigenvalue weighted by Crippen LogP contribution is -2.20. The van der Waals surface area contributed by atoms with Gasteiger partial charge in [-0.05, 0) is 36.8 Å². The highest BCUT2D eigenvalue weighted by atomic mass is 16.5. The Bertz CT molecular complexity index is 915. The Hall–Kier alpha value is -3.08. The van der Waals surface area contributed by atoms with Gasteiger partial charge in [0.2, 0.25) is 0 Å². The van der Waals surface area contributed by atoms with Crippen molar-refractivity contribution in [2.45, 2.75) is 6.92 Å². The molecule has 0 bridgehead atoms. The second-order valence-corrected chi connectivity index (χ2v) is 5.18. The van der Waals surface area contributed by atoms with Crippen molar-refractivity contribution < 1.29 is 9.53 Å². The molecule has 0 unspecified atom stereocenters. The van der Waals surface area contributed by atoms with Crippen molar-refractivity contribution in [1.29, 1.82) is 0 Å². The van der Waals surface area contributed by atoms with E-state index in [9.17, 15) is 9.59 Å². The average Bonchev–Trinajstić information content (AvgIpc) is 2.55. The molecule has 1 aromatic heterocycles. The largest absolute Gasteiger partial charge is 0.483 e. The number of anilines is 1. The lowest BCUT2D eigenvalue weighted by atomic mass is 10.1. The van der Waals surface area contributed by atoms with Crippen LogP contribution in [0.4, 0.5) is 5.69 Å². The molecule has 0 atom stereocenters. The van der Waals surface area contributed by atoms with Crippen molar-refractivity contribution in [1.82, 2.24) is 4.98 Å². The van der Waals surface area contributed by atoms with Gasteiger partial charge in [0, 0.05) is 17.3 Å². The fraction of sp³-hybridized carbons (Fsp3) is 0.111. The number of fused-ring (bicyclic) bond motifs is 1. The highest BCUT2D eigenvalue weighted by Gasteiger charge is 2.08. The maximum atomic E-state index is 12.0. The molecule has 5 heteroatoms. The number of H-pyrrole nitrogens is 1. The van der Waals surface area contributed by atoms with E-state index >= 15 is 0 Å². The molecule has 0 radical (unpaired) electrons. The highest BCUT2D eigenvalue weighted by Crippen LogP contribution is 2.22. The second kappa shape index (κ2) is 6.36. The molecular formula is C18H16N2O3. The van der Waals surface area contributed by atoms with Gasteiger partial charge in [-0.1, -0.05) is 24.3 Å². The molecule has 0 fully saturated rings. The number of benzene rings is 2. The van der Waals surface area contributed by atoms with E-state index in [1.54, 1.807) is 30.5 Å². The first-order valence-corrected chi connectivity index (χ1v) is 7.24. The molecule has 0 aliphatic rings. The number of ether oxygens (including phenoxy) is 1. The quantitative estimate of drug-likeness (QED) is 0.778. The van der Waals surface area contributed by atoms with Crippen LogP contribution in [0.15, 0.2) is 59.5 Å². The number of aromatic amines is 1. The molecule has 1 amide bonds. The number of carbonyl (C=O) groups is 1. The minimum absolute atomic E-state index is 0.125. The van der Waals surface area contributed by atoms with Gasteiger partial charge in [0.05, 0.1) is 5.39 Å².